The van der Waals surface area contributed by atoms with Crippen molar-refractivity contribution in [3.05, 3.63) is 48.2 Å². The monoisotopic (exact) mass is 427 g/mol. The number of hydrogen-bond acceptors (Lipinski definition) is 5. The number of nitrogens with zero attached hydrogens (tertiary/aromatic N) is 2. The van der Waals surface area contributed by atoms with Crippen LogP contribution in [-0.2, 0) is 4.79 Å². The lowest BCUT2D eigenvalue weighted by atomic mass is 9.98. The van der Waals surface area contributed by atoms with Crippen LogP contribution < -0.4 is 5.32 Å². The Hall–Kier alpha value is -2.93. The van der Waals surface area contributed by atoms with Crippen LogP contribution in [-0.4, -0.2) is 58.2 Å². The molecule has 0 saturated carbocycles. The lowest BCUT2D eigenvalue weighted by Crippen LogP contribution is -2.43. The summed E-state index contributed by atoms with van der Waals surface area (Å²) in [6.45, 7) is 7.30. The van der Waals surface area contributed by atoms with Crippen molar-refractivity contribution in [3.63, 3.8) is 0 Å². The number of benzene rings is 1. The summed E-state index contributed by atoms with van der Waals surface area (Å²) in [7, 11) is 0. The molecular formula is C24H33N3O4. The molecule has 2 heterocycles. The van der Waals surface area contributed by atoms with Gasteiger partial charge in [0.2, 0.25) is 0 Å². The van der Waals surface area contributed by atoms with E-state index in [9.17, 15) is 9.90 Å². The van der Waals surface area contributed by atoms with Crippen molar-refractivity contribution in [2.45, 2.75) is 45.6 Å². The first kappa shape index (κ1) is 24.3. The second kappa shape index (κ2) is 12.7. The third-order valence-electron chi connectivity index (χ3n) is 5.28. The lowest BCUT2D eigenvalue weighted by molar-refractivity contribution is -0.122. The van der Waals surface area contributed by atoms with Gasteiger partial charge in [-0.3, -0.25) is 14.6 Å². The molecule has 1 aromatic heterocycles. The predicted molar refractivity (Wildman–Crippen MR) is 121 cm³/mol. The summed E-state index contributed by atoms with van der Waals surface area (Å²) in [4.78, 5) is 27.8. The van der Waals surface area contributed by atoms with Crippen molar-refractivity contribution in [1.29, 1.82) is 0 Å². The van der Waals surface area contributed by atoms with Gasteiger partial charge in [0.25, 0.3) is 12.4 Å². The summed E-state index contributed by atoms with van der Waals surface area (Å²) >= 11 is 0. The van der Waals surface area contributed by atoms with Crippen molar-refractivity contribution in [1.82, 2.24) is 15.2 Å². The molecule has 2 aromatic rings. The summed E-state index contributed by atoms with van der Waals surface area (Å²) < 4.78 is 0. The van der Waals surface area contributed by atoms with Crippen molar-refractivity contribution < 1.29 is 19.8 Å². The summed E-state index contributed by atoms with van der Waals surface area (Å²) in [6, 6.07) is 11.4. The average Bonchev–Trinajstić information content (AvgIpc) is 2.76. The Morgan fingerprint density at radius 3 is 2.74 bits per heavy atom. The van der Waals surface area contributed by atoms with E-state index < -0.39 is 0 Å². The quantitative estimate of drug-likeness (QED) is 0.581. The van der Waals surface area contributed by atoms with Gasteiger partial charge in [0.1, 0.15) is 5.75 Å². The minimum atomic E-state index is -0.250. The number of amides is 1. The minimum Gasteiger partial charge on any atom is -0.506 e. The Morgan fingerprint density at radius 1 is 1.29 bits per heavy atom. The molecular weight excluding hydrogens is 394 g/mol. The fourth-order valence-corrected chi connectivity index (χ4v) is 3.93. The van der Waals surface area contributed by atoms with Crippen LogP contribution in [0.1, 0.15) is 49.9 Å². The number of nitrogens with one attached hydrogen (secondary N) is 1. The topological polar surface area (TPSA) is 103 Å². The predicted octanol–water partition coefficient (Wildman–Crippen LogP) is 3.79. The summed E-state index contributed by atoms with van der Waals surface area (Å²) in [5.74, 6) is 0.755. The minimum absolute atomic E-state index is 0.0492. The zero-order chi connectivity index (χ0) is 22.6. The molecule has 7 nitrogen and oxygen atoms in total. The molecule has 1 saturated heterocycles. The fourth-order valence-electron chi connectivity index (χ4n) is 3.93. The van der Waals surface area contributed by atoms with E-state index in [1.54, 1.807) is 12.1 Å². The van der Waals surface area contributed by atoms with Gasteiger partial charge in [-0.25, -0.2) is 0 Å². The van der Waals surface area contributed by atoms with E-state index >= 15 is 0 Å². The largest absolute Gasteiger partial charge is 0.506 e. The molecule has 1 aliphatic heterocycles. The van der Waals surface area contributed by atoms with Crippen molar-refractivity contribution in [2.75, 3.05) is 19.6 Å². The van der Waals surface area contributed by atoms with Gasteiger partial charge in [-0.15, -0.1) is 0 Å². The average molecular weight is 428 g/mol. The summed E-state index contributed by atoms with van der Waals surface area (Å²) in [6.07, 6.45) is 6.21. The van der Waals surface area contributed by atoms with E-state index in [2.05, 4.69) is 29.0 Å². The molecule has 0 bridgehead atoms. The highest BCUT2D eigenvalue weighted by Crippen LogP contribution is 2.22. The standard InChI is InChI=1S/C23H31N3O2.CH2O2/c1-17(2)16-26-13-4-3-8-20(26)11-12-24-23(28)19-7-5-6-18(14-19)22-10-9-21(27)15-25-22;2-1-3/h5-7,9-10,14-15,17,20,27H,3-4,8,11-13,16H2,1-2H3,(H,24,28);1H,(H,2,3). The van der Waals surface area contributed by atoms with E-state index in [0.717, 1.165) is 24.2 Å². The van der Waals surface area contributed by atoms with Crippen molar-refractivity contribution in [3.8, 4) is 17.0 Å². The highest BCUT2D eigenvalue weighted by molar-refractivity contribution is 5.95. The van der Waals surface area contributed by atoms with Crippen LogP contribution in [0.4, 0.5) is 0 Å². The van der Waals surface area contributed by atoms with Gasteiger partial charge >= 0.3 is 0 Å². The maximum atomic E-state index is 12.6. The number of carbonyl (C=O) groups excluding carboxylic acids is 1. The number of carbonyl (C=O) groups is 2. The zero-order valence-corrected chi connectivity index (χ0v) is 18.3. The third-order valence-corrected chi connectivity index (χ3v) is 5.28. The van der Waals surface area contributed by atoms with Gasteiger partial charge in [-0.05, 0) is 56.0 Å². The highest BCUT2D eigenvalue weighted by atomic mass is 16.3. The zero-order valence-electron chi connectivity index (χ0n) is 18.3. The van der Waals surface area contributed by atoms with Crippen LogP contribution >= 0.6 is 0 Å². The molecule has 0 aliphatic carbocycles. The first-order valence-corrected chi connectivity index (χ1v) is 10.8. The van der Waals surface area contributed by atoms with Crippen LogP contribution in [0.25, 0.3) is 11.3 Å². The Labute approximate surface area is 184 Å². The Bertz CT molecular complexity index is 824. The van der Waals surface area contributed by atoms with Gasteiger partial charge < -0.3 is 20.4 Å². The molecule has 0 radical (unpaired) electrons. The van der Waals surface area contributed by atoms with Gasteiger partial charge in [0, 0.05) is 30.3 Å². The first-order chi connectivity index (χ1) is 14.9. The number of pyridine rings is 1. The molecule has 1 atom stereocenters. The van der Waals surface area contributed by atoms with Crippen LogP contribution in [0.5, 0.6) is 5.75 Å². The van der Waals surface area contributed by atoms with Crippen molar-refractivity contribution in [2.24, 2.45) is 5.92 Å². The van der Waals surface area contributed by atoms with E-state index in [-0.39, 0.29) is 18.1 Å². The molecule has 3 rings (SSSR count). The maximum Gasteiger partial charge on any atom is 0.290 e. The lowest BCUT2D eigenvalue weighted by Gasteiger charge is -2.37. The molecule has 168 valence electrons. The summed E-state index contributed by atoms with van der Waals surface area (Å²) in [5, 5.41) is 19.4. The van der Waals surface area contributed by atoms with Crippen LogP contribution in [0.3, 0.4) is 0 Å². The number of piperidine rings is 1. The normalized spacial score (nSPS) is 16.3. The number of aromatic nitrogens is 1. The van der Waals surface area contributed by atoms with E-state index in [0.29, 0.717) is 24.1 Å². The number of aromatic hydroxyl groups is 1. The van der Waals surface area contributed by atoms with E-state index in [1.807, 2.05) is 24.3 Å². The smallest absolute Gasteiger partial charge is 0.290 e. The summed E-state index contributed by atoms with van der Waals surface area (Å²) in [5.41, 5.74) is 2.23. The Balaban J connectivity index is 0.00000107. The third kappa shape index (κ3) is 8.02. The molecule has 1 unspecified atom stereocenters. The molecule has 0 spiro atoms. The van der Waals surface area contributed by atoms with Gasteiger partial charge in [0.05, 0.1) is 11.9 Å². The SMILES string of the molecule is CC(C)CN1CCCCC1CCNC(=O)c1cccc(-c2ccc(O)cn2)c1.O=CO. The van der Waals surface area contributed by atoms with E-state index in [1.165, 1.54) is 32.0 Å². The molecule has 1 aliphatic rings. The van der Waals surface area contributed by atoms with Crippen LogP contribution in [0, 0.1) is 5.92 Å². The second-order valence-corrected chi connectivity index (χ2v) is 8.17. The Morgan fingerprint density at radius 2 is 2.06 bits per heavy atom. The molecule has 1 amide bonds. The number of likely N-dealkylation sites (tertiary alicyclic amines) is 1. The molecule has 1 aromatic carbocycles. The van der Waals surface area contributed by atoms with Gasteiger partial charge in [0.15, 0.2) is 0 Å². The molecule has 1 fully saturated rings. The number of rotatable bonds is 7. The highest BCUT2D eigenvalue weighted by Gasteiger charge is 2.22. The second-order valence-electron chi connectivity index (χ2n) is 8.17. The van der Waals surface area contributed by atoms with Crippen molar-refractivity contribution >= 4 is 12.4 Å². The van der Waals surface area contributed by atoms with Gasteiger partial charge in [-0.2, -0.15) is 0 Å². The number of hydrogen-bond donors (Lipinski definition) is 3. The Kier molecular flexibility index (Phi) is 9.97. The first-order valence-electron chi connectivity index (χ1n) is 10.8. The number of carboxylic acid groups (broad SMARTS) is 1. The molecule has 31 heavy (non-hydrogen) atoms. The molecule has 3 N–H and O–H groups in total. The van der Waals surface area contributed by atoms with Crippen LogP contribution in [0.2, 0.25) is 0 Å². The van der Waals surface area contributed by atoms with E-state index in [4.69, 9.17) is 9.90 Å². The maximum absolute atomic E-state index is 12.6. The fraction of sp³-hybridized carbons (Fsp3) is 0.458. The van der Waals surface area contributed by atoms with Crippen LogP contribution in [0.15, 0.2) is 42.6 Å². The van der Waals surface area contributed by atoms with Gasteiger partial charge in [-0.1, -0.05) is 32.4 Å². The molecule has 7 heteroatoms.